The maximum absolute atomic E-state index is 12.8. The Balaban J connectivity index is 1.90. The fourth-order valence-corrected chi connectivity index (χ4v) is 4.47. The summed E-state index contributed by atoms with van der Waals surface area (Å²) in [4.78, 5) is 0.228. The van der Waals surface area contributed by atoms with E-state index in [-0.39, 0.29) is 4.90 Å². The van der Waals surface area contributed by atoms with Crippen LogP contribution in [0.3, 0.4) is 0 Å². The maximum atomic E-state index is 12.8. The molecule has 0 fully saturated rings. The number of aromatic nitrogens is 2. The van der Waals surface area contributed by atoms with Crippen LogP contribution in [0.4, 0.5) is 5.69 Å². The Hall–Kier alpha value is -2.02. The number of anilines is 1. The minimum absolute atomic E-state index is 0.228. The quantitative estimate of drug-likeness (QED) is 0.590. The largest absolute Gasteiger partial charge is 0.276 e. The van der Waals surface area contributed by atoms with Crippen molar-refractivity contribution in [3.05, 3.63) is 74.5 Å². The van der Waals surface area contributed by atoms with Crippen molar-refractivity contribution in [2.45, 2.75) is 39.1 Å². The predicted molar refractivity (Wildman–Crippen MR) is 114 cm³/mol. The lowest BCUT2D eigenvalue weighted by molar-refractivity contribution is 0.601. The number of nitrogens with one attached hydrogen (secondary N) is 1. The first-order valence-corrected chi connectivity index (χ1v) is 10.9. The highest BCUT2D eigenvalue weighted by molar-refractivity contribution is 7.92. The molecule has 3 aromatic rings. The molecule has 28 heavy (non-hydrogen) atoms. The zero-order valence-electron chi connectivity index (χ0n) is 16.0. The molecule has 0 aliphatic heterocycles. The highest BCUT2D eigenvalue weighted by Gasteiger charge is 2.20. The van der Waals surface area contributed by atoms with Crippen molar-refractivity contribution in [3.63, 3.8) is 0 Å². The van der Waals surface area contributed by atoms with Gasteiger partial charge in [-0.05, 0) is 68.7 Å². The third-order valence-corrected chi connectivity index (χ3v) is 6.81. The van der Waals surface area contributed by atoms with Crippen LogP contribution in [0, 0.1) is 27.7 Å². The first-order chi connectivity index (χ1) is 13.1. The summed E-state index contributed by atoms with van der Waals surface area (Å²) >= 11 is 12.0. The van der Waals surface area contributed by atoms with E-state index in [9.17, 15) is 8.42 Å². The van der Waals surface area contributed by atoms with Gasteiger partial charge in [-0.3, -0.25) is 9.40 Å². The molecule has 3 rings (SSSR count). The van der Waals surface area contributed by atoms with Crippen molar-refractivity contribution in [1.82, 2.24) is 9.78 Å². The van der Waals surface area contributed by atoms with E-state index < -0.39 is 10.0 Å². The van der Waals surface area contributed by atoms with Crippen molar-refractivity contribution < 1.29 is 8.42 Å². The minimum Gasteiger partial charge on any atom is -0.276 e. The SMILES string of the molecule is Cc1ccc(S(=O)(=O)Nc2c(C)nn(Cc3ccc(Cl)c(Cl)c3)c2C)cc1C. The summed E-state index contributed by atoms with van der Waals surface area (Å²) in [6.45, 7) is 7.89. The molecule has 0 radical (unpaired) electrons. The van der Waals surface area contributed by atoms with E-state index in [1.807, 2.05) is 26.8 Å². The molecule has 0 atom stereocenters. The molecule has 0 aliphatic carbocycles. The third-order valence-electron chi connectivity index (χ3n) is 4.72. The van der Waals surface area contributed by atoms with E-state index in [1.54, 1.807) is 41.9 Å². The second kappa shape index (κ2) is 7.78. The number of halogens is 2. The van der Waals surface area contributed by atoms with Crippen molar-refractivity contribution in [1.29, 1.82) is 0 Å². The maximum Gasteiger partial charge on any atom is 0.262 e. The molecule has 0 saturated heterocycles. The van der Waals surface area contributed by atoms with Crippen molar-refractivity contribution in [2.24, 2.45) is 0 Å². The summed E-state index contributed by atoms with van der Waals surface area (Å²) in [7, 11) is -3.71. The first-order valence-electron chi connectivity index (χ1n) is 8.66. The van der Waals surface area contributed by atoms with Gasteiger partial charge in [0, 0.05) is 0 Å². The predicted octanol–water partition coefficient (Wildman–Crippen LogP) is 5.27. The molecule has 5 nitrogen and oxygen atoms in total. The molecule has 0 aliphatic rings. The van der Waals surface area contributed by atoms with Gasteiger partial charge in [0.2, 0.25) is 0 Å². The number of hydrogen-bond acceptors (Lipinski definition) is 3. The average molecular weight is 438 g/mol. The fourth-order valence-electron chi connectivity index (χ4n) is 2.88. The van der Waals surface area contributed by atoms with Gasteiger partial charge in [0.25, 0.3) is 10.0 Å². The molecule has 0 bridgehead atoms. The molecular formula is C20H21Cl2N3O2S. The van der Waals surface area contributed by atoms with Crippen LogP contribution in [0.1, 0.15) is 28.1 Å². The van der Waals surface area contributed by atoms with Gasteiger partial charge < -0.3 is 0 Å². The summed E-state index contributed by atoms with van der Waals surface area (Å²) in [5.74, 6) is 0. The smallest absolute Gasteiger partial charge is 0.262 e. The third kappa shape index (κ3) is 4.19. The van der Waals surface area contributed by atoms with Crippen LogP contribution in [-0.2, 0) is 16.6 Å². The number of aryl methyl sites for hydroxylation is 3. The van der Waals surface area contributed by atoms with Crippen LogP contribution in [0.15, 0.2) is 41.3 Å². The Labute approximate surface area is 175 Å². The van der Waals surface area contributed by atoms with Gasteiger partial charge in [0.15, 0.2) is 0 Å². The Bertz CT molecular complexity index is 1150. The molecule has 1 N–H and O–H groups in total. The zero-order valence-corrected chi connectivity index (χ0v) is 18.4. The second-order valence-corrected chi connectivity index (χ2v) is 9.30. The number of hydrogen-bond donors (Lipinski definition) is 1. The van der Waals surface area contributed by atoms with E-state index in [0.29, 0.717) is 28.0 Å². The van der Waals surface area contributed by atoms with Gasteiger partial charge in [0.1, 0.15) is 0 Å². The Morgan fingerprint density at radius 2 is 1.68 bits per heavy atom. The molecule has 0 unspecified atom stereocenters. The van der Waals surface area contributed by atoms with Crippen LogP contribution in [0.2, 0.25) is 10.0 Å². The molecule has 2 aromatic carbocycles. The van der Waals surface area contributed by atoms with Gasteiger partial charge in [0.05, 0.1) is 38.6 Å². The van der Waals surface area contributed by atoms with E-state index in [1.165, 1.54) is 0 Å². The van der Waals surface area contributed by atoms with Gasteiger partial charge >= 0.3 is 0 Å². The van der Waals surface area contributed by atoms with E-state index in [2.05, 4.69) is 9.82 Å². The monoisotopic (exact) mass is 437 g/mol. The minimum atomic E-state index is -3.71. The molecule has 148 valence electrons. The zero-order chi connectivity index (χ0) is 20.6. The molecule has 0 spiro atoms. The van der Waals surface area contributed by atoms with Crippen molar-refractivity contribution in [3.8, 4) is 0 Å². The number of nitrogens with zero attached hydrogens (tertiary/aromatic N) is 2. The average Bonchev–Trinajstić information content (AvgIpc) is 2.87. The summed E-state index contributed by atoms with van der Waals surface area (Å²) < 4.78 is 30.1. The summed E-state index contributed by atoms with van der Waals surface area (Å²) in [6, 6.07) is 10.5. The fraction of sp³-hybridized carbons (Fsp3) is 0.250. The van der Waals surface area contributed by atoms with Gasteiger partial charge in [-0.25, -0.2) is 8.42 Å². The van der Waals surface area contributed by atoms with Crippen LogP contribution < -0.4 is 4.72 Å². The highest BCUT2D eigenvalue weighted by Crippen LogP contribution is 2.27. The van der Waals surface area contributed by atoms with Crippen LogP contribution in [0.5, 0.6) is 0 Å². The highest BCUT2D eigenvalue weighted by atomic mass is 35.5. The standard InChI is InChI=1S/C20H21Cl2N3O2S/c1-12-5-7-17(9-13(12)2)28(26,27)24-20-14(3)23-25(15(20)4)11-16-6-8-18(21)19(22)10-16/h5-10,24H,11H2,1-4H3. The van der Waals surface area contributed by atoms with Crippen LogP contribution >= 0.6 is 23.2 Å². The normalized spacial score (nSPS) is 11.6. The van der Waals surface area contributed by atoms with Crippen LogP contribution in [0.25, 0.3) is 0 Å². The topological polar surface area (TPSA) is 64.0 Å². The van der Waals surface area contributed by atoms with Crippen molar-refractivity contribution >= 4 is 38.9 Å². The first kappa shape index (κ1) is 20.7. The van der Waals surface area contributed by atoms with Crippen LogP contribution in [-0.4, -0.2) is 18.2 Å². The lowest BCUT2D eigenvalue weighted by Crippen LogP contribution is -2.14. The lowest BCUT2D eigenvalue weighted by Gasteiger charge is -2.11. The number of rotatable bonds is 5. The molecule has 1 aromatic heterocycles. The Morgan fingerprint density at radius 1 is 0.964 bits per heavy atom. The molecule has 1 heterocycles. The van der Waals surface area contributed by atoms with E-state index in [4.69, 9.17) is 23.2 Å². The Kier molecular flexibility index (Phi) is 5.75. The molecular weight excluding hydrogens is 417 g/mol. The lowest BCUT2D eigenvalue weighted by atomic mass is 10.1. The van der Waals surface area contributed by atoms with Crippen molar-refractivity contribution in [2.75, 3.05) is 4.72 Å². The Morgan fingerprint density at radius 3 is 2.32 bits per heavy atom. The summed E-state index contributed by atoms with van der Waals surface area (Å²) in [6.07, 6.45) is 0. The number of benzene rings is 2. The second-order valence-electron chi connectivity index (χ2n) is 6.80. The summed E-state index contributed by atoms with van der Waals surface area (Å²) in [5, 5.41) is 5.44. The molecule has 0 saturated carbocycles. The van der Waals surface area contributed by atoms with Gasteiger partial charge in [-0.15, -0.1) is 0 Å². The van der Waals surface area contributed by atoms with Gasteiger partial charge in [-0.2, -0.15) is 5.10 Å². The van der Waals surface area contributed by atoms with E-state index in [0.717, 1.165) is 22.4 Å². The summed E-state index contributed by atoms with van der Waals surface area (Å²) in [5.41, 5.74) is 4.69. The van der Waals surface area contributed by atoms with Gasteiger partial charge in [-0.1, -0.05) is 35.3 Å². The number of sulfonamides is 1. The molecule has 8 heteroatoms. The molecule has 0 amide bonds. The van der Waals surface area contributed by atoms with E-state index >= 15 is 0 Å².